The molecular formula is C14H12N2O2S2. The first-order chi connectivity index (χ1) is 9.85. The van der Waals surface area contributed by atoms with E-state index in [1.54, 1.807) is 23.1 Å². The summed E-state index contributed by atoms with van der Waals surface area (Å²) in [5.74, 6) is 1.86. The van der Waals surface area contributed by atoms with Crippen LogP contribution < -0.4 is 4.74 Å². The zero-order chi connectivity index (χ0) is 13.8. The maximum Gasteiger partial charge on any atom is 0.264 e. The van der Waals surface area contributed by atoms with E-state index in [1.165, 1.54) is 4.90 Å². The van der Waals surface area contributed by atoms with E-state index in [9.17, 15) is 0 Å². The first kappa shape index (κ1) is 13.2. The van der Waals surface area contributed by atoms with Gasteiger partial charge in [0.1, 0.15) is 5.75 Å². The molecule has 0 atom stereocenters. The molecule has 6 heteroatoms. The van der Waals surface area contributed by atoms with Crippen molar-refractivity contribution in [1.29, 1.82) is 0 Å². The van der Waals surface area contributed by atoms with Gasteiger partial charge in [0.25, 0.3) is 5.89 Å². The van der Waals surface area contributed by atoms with E-state index in [0.29, 0.717) is 11.7 Å². The number of hydrogen-bond donors (Lipinski definition) is 0. The molecule has 0 unspecified atom stereocenters. The Balaban J connectivity index is 1.63. The van der Waals surface area contributed by atoms with E-state index < -0.39 is 0 Å². The fourth-order valence-electron chi connectivity index (χ4n) is 1.64. The van der Waals surface area contributed by atoms with Crippen molar-refractivity contribution >= 4 is 23.1 Å². The van der Waals surface area contributed by atoms with Gasteiger partial charge in [0.05, 0.1) is 0 Å². The second-order valence-corrected chi connectivity index (χ2v) is 5.65. The molecule has 20 heavy (non-hydrogen) atoms. The van der Waals surface area contributed by atoms with Gasteiger partial charge in [0.15, 0.2) is 6.61 Å². The lowest BCUT2D eigenvalue weighted by Gasteiger charge is -2.03. The van der Waals surface area contributed by atoms with E-state index in [2.05, 4.69) is 10.1 Å². The van der Waals surface area contributed by atoms with Crippen molar-refractivity contribution in [3.8, 4) is 17.1 Å². The van der Waals surface area contributed by atoms with Crippen molar-refractivity contribution in [2.24, 2.45) is 0 Å². The summed E-state index contributed by atoms with van der Waals surface area (Å²) in [7, 11) is 0. The van der Waals surface area contributed by atoms with Gasteiger partial charge in [-0.1, -0.05) is 5.16 Å². The Labute approximate surface area is 124 Å². The minimum atomic E-state index is 0.274. The molecule has 2 heterocycles. The Hall–Kier alpha value is -1.79. The van der Waals surface area contributed by atoms with Crippen LogP contribution in [-0.4, -0.2) is 16.4 Å². The van der Waals surface area contributed by atoms with Crippen LogP contribution in [0.25, 0.3) is 11.4 Å². The lowest BCUT2D eigenvalue weighted by Crippen LogP contribution is -1.95. The molecule has 0 saturated carbocycles. The molecule has 0 fully saturated rings. The topological polar surface area (TPSA) is 48.2 Å². The molecule has 0 N–H and O–H groups in total. The standard InChI is InChI=1S/C14H12N2O2S2/c1-19-12-4-2-11(3-5-12)17-8-13-15-14(16-18-13)10-6-7-20-9-10/h2-7,9H,8H2,1H3. The minimum Gasteiger partial charge on any atom is -0.484 e. The van der Waals surface area contributed by atoms with Crippen LogP contribution in [0.15, 0.2) is 50.5 Å². The van der Waals surface area contributed by atoms with Crippen LogP contribution in [0.5, 0.6) is 5.75 Å². The number of thiophene rings is 1. The largest absolute Gasteiger partial charge is 0.484 e. The van der Waals surface area contributed by atoms with Gasteiger partial charge in [-0.15, -0.1) is 11.8 Å². The van der Waals surface area contributed by atoms with Gasteiger partial charge in [-0.2, -0.15) is 16.3 Å². The van der Waals surface area contributed by atoms with Crippen molar-refractivity contribution in [2.75, 3.05) is 6.26 Å². The SMILES string of the molecule is CSc1ccc(OCc2nc(-c3ccsc3)no2)cc1. The Bertz CT molecular complexity index is 663. The summed E-state index contributed by atoms with van der Waals surface area (Å²) in [5.41, 5.74) is 0.967. The van der Waals surface area contributed by atoms with Crippen LogP contribution in [0.1, 0.15) is 5.89 Å². The molecule has 2 aromatic heterocycles. The summed E-state index contributed by atoms with van der Waals surface area (Å²) in [6.45, 7) is 0.274. The third-order valence-corrected chi connectivity index (χ3v) is 4.10. The lowest BCUT2D eigenvalue weighted by atomic mass is 10.3. The molecule has 0 radical (unpaired) electrons. The number of benzene rings is 1. The number of ether oxygens (including phenoxy) is 1. The van der Waals surface area contributed by atoms with Crippen molar-refractivity contribution < 1.29 is 9.26 Å². The van der Waals surface area contributed by atoms with Crippen LogP contribution >= 0.6 is 23.1 Å². The number of thioether (sulfide) groups is 1. The summed E-state index contributed by atoms with van der Waals surface area (Å²) in [5, 5.41) is 7.90. The van der Waals surface area contributed by atoms with Gasteiger partial charge >= 0.3 is 0 Å². The fourth-order valence-corrected chi connectivity index (χ4v) is 2.68. The predicted octanol–water partition coefficient (Wildman–Crippen LogP) is 4.10. The van der Waals surface area contributed by atoms with Crippen LogP contribution in [0, 0.1) is 0 Å². The molecule has 1 aromatic carbocycles. The smallest absolute Gasteiger partial charge is 0.264 e. The minimum absolute atomic E-state index is 0.274. The maximum atomic E-state index is 5.62. The number of hydrogen-bond acceptors (Lipinski definition) is 6. The van der Waals surface area contributed by atoms with E-state index >= 15 is 0 Å². The second-order valence-electron chi connectivity index (χ2n) is 3.99. The van der Waals surface area contributed by atoms with Crippen LogP contribution in [-0.2, 0) is 6.61 Å². The number of aromatic nitrogens is 2. The average molecular weight is 304 g/mol. The quantitative estimate of drug-likeness (QED) is 0.664. The van der Waals surface area contributed by atoms with Gasteiger partial charge < -0.3 is 9.26 Å². The molecule has 3 aromatic rings. The normalized spacial score (nSPS) is 10.7. The Morgan fingerprint density at radius 1 is 1.25 bits per heavy atom. The van der Waals surface area contributed by atoms with E-state index in [4.69, 9.17) is 9.26 Å². The first-order valence-corrected chi connectivity index (χ1v) is 8.14. The summed E-state index contributed by atoms with van der Waals surface area (Å²) in [6, 6.07) is 9.86. The van der Waals surface area contributed by atoms with Crippen LogP contribution in [0.4, 0.5) is 0 Å². The third-order valence-electron chi connectivity index (χ3n) is 2.67. The van der Waals surface area contributed by atoms with Gasteiger partial charge in [-0.25, -0.2) is 0 Å². The highest BCUT2D eigenvalue weighted by atomic mass is 32.2. The van der Waals surface area contributed by atoms with E-state index in [0.717, 1.165) is 11.3 Å². The maximum absolute atomic E-state index is 5.62. The molecule has 0 aliphatic carbocycles. The van der Waals surface area contributed by atoms with E-state index in [1.807, 2.05) is 47.3 Å². The molecule has 4 nitrogen and oxygen atoms in total. The Morgan fingerprint density at radius 2 is 2.10 bits per heavy atom. The number of rotatable bonds is 5. The van der Waals surface area contributed by atoms with Crippen molar-refractivity contribution in [3.63, 3.8) is 0 Å². The van der Waals surface area contributed by atoms with Crippen molar-refractivity contribution in [2.45, 2.75) is 11.5 Å². The van der Waals surface area contributed by atoms with Gasteiger partial charge in [-0.05, 0) is 42.0 Å². The Morgan fingerprint density at radius 3 is 2.80 bits per heavy atom. The highest BCUT2D eigenvalue weighted by Gasteiger charge is 2.09. The second kappa shape index (κ2) is 6.11. The van der Waals surface area contributed by atoms with E-state index in [-0.39, 0.29) is 6.61 Å². The molecule has 0 amide bonds. The number of nitrogens with zero attached hydrogens (tertiary/aromatic N) is 2. The highest BCUT2D eigenvalue weighted by Crippen LogP contribution is 2.21. The molecule has 0 aliphatic rings. The first-order valence-electron chi connectivity index (χ1n) is 5.97. The third kappa shape index (κ3) is 3.02. The molecule has 0 aliphatic heterocycles. The summed E-state index contributed by atoms with van der Waals surface area (Å²) in [4.78, 5) is 5.50. The molecule has 0 bridgehead atoms. The summed E-state index contributed by atoms with van der Waals surface area (Å²) in [6.07, 6.45) is 2.04. The van der Waals surface area contributed by atoms with Gasteiger partial charge in [-0.3, -0.25) is 0 Å². The molecular weight excluding hydrogens is 292 g/mol. The molecule has 3 rings (SSSR count). The molecule has 102 valence electrons. The zero-order valence-corrected chi connectivity index (χ0v) is 12.4. The van der Waals surface area contributed by atoms with Gasteiger partial charge in [0, 0.05) is 15.8 Å². The van der Waals surface area contributed by atoms with Crippen molar-refractivity contribution in [3.05, 3.63) is 47.0 Å². The Kier molecular flexibility index (Phi) is 4.03. The fraction of sp³-hybridized carbons (Fsp3) is 0.143. The lowest BCUT2D eigenvalue weighted by molar-refractivity contribution is 0.243. The highest BCUT2D eigenvalue weighted by molar-refractivity contribution is 7.98. The average Bonchev–Trinajstić information content (AvgIpc) is 3.16. The zero-order valence-electron chi connectivity index (χ0n) is 10.8. The predicted molar refractivity (Wildman–Crippen MR) is 80.2 cm³/mol. The summed E-state index contributed by atoms with van der Waals surface area (Å²) >= 11 is 3.30. The van der Waals surface area contributed by atoms with Crippen LogP contribution in [0.3, 0.4) is 0 Å². The van der Waals surface area contributed by atoms with Crippen LogP contribution in [0.2, 0.25) is 0 Å². The molecule has 0 saturated heterocycles. The van der Waals surface area contributed by atoms with Crippen molar-refractivity contribution in [1.82, 2.24) is 10.1 Å². The molecule has 0 spiro atoms. The summed E-state index contributed by atoms with van der Waals surface area (Å²) < 4.78 is 10.8. The van der Waals surface area contributed by atoms with Gasteiger partial charge in [0.2, 0.25) is 5.82 Å². The monoisotopic (exact) mass is 304 g/mol.